The highest BCUT2D eigenvalue weighted by Gasteiger charge is 2.25. The molecule has 2 aromatic rings. The molecule has 0 atom stereocenters. The molecule has 0 N–H and O–H groups in total. The predicted molar refractivity (Wildman–Crippen MR) is 101 cm³/mol. The van der Waals surface area contributed by atoms with Gasteiger partial charge in [-0.3, -0.25) is 4.79 Å². The van der Waals surface area contributed by atoms with Gasteiger partial charge in [-0.05, 0) is 38.0 Å². The van der Waals surface area contributed by atoms with Crippen molar-refractivity contribution in [3.05, 3.63) is 65.7 Å². The Labute approximate surface area is 155 Å². The maximum atomic E-state index is 13.0. The first-order chi connectivity index (χ1) is 12.4. The Morgan fingerprint density at radius 3 is 2.27 bits per heavy atom. The predicted octanol–water partition coefficient (Wildman–Crippen LogP) is 3.18. The largest absolute Gasteiger partial charge is 0.466 e. The number of carbonyl (C=O) groups excluding carboxylic acids is 1. The number of ether oxygens (including phenoxy) is 1. The molecule has 0 radical (unpaired) electrons. The standard InChI is InChI=1S/C20H25NO4S/c1-3-25-20(22)14-16-21(15-13-18-7-5-4-6-8-18)26(23,24)19-11-9-17(2)10-12-19/h4-12H,3,13-16H2,1-2H3. The third-order valence-corrected chi connectivity index (χ3v) is 5.93. The lowest BCUT2D eigenvalue weighted by Crippen LogP contribution is -2.35. The molecule has 0 bridgehead atoms. The van der Waals surface area contributed by atoms with E-state index in [1.165, 1.54) is 4.31 Å². The number of nitrogens with zero attached hydrogens (tertiary/aromatic N) is 1. The minimum atomic E-state index is -3.67. The molecule has 0 unspecified atom stereocenters. The number of rotatable bonds is 9. The number of esters is 1. The Balaban J connectivity index is 2.17. The molecule has 2 aromatic carbocycles. The fourth-order valence-corrected chi connectivity index (χ4v) is 4.00. The van der Waals surface area contributed by atoms with E-state index in [4.69, 9.17) is 4.74 Å². The summed E-state index contributed by atoms with van der Waals surface area (Å²) in [5, 5.41) is 0. The first-order valence-corrected chi connectivity index (χ1v) is 10.1. The number of hydrogen-bond donors (Lipinski definition) is 0. The fourth-order valence-electron chi connectivity index (χ4n) is 2.56. The molecule has 6 heteroatoms. The number of benzene rings is 2. The molecule has 0 saturated heterocycles. The zero-order chi connectivity index (χ0) is 19.0. The zero-order valence-corrected chi connectivity index (χ0v) is 16.0. The van der Waals surface area contributed by atoms with Crippen LogP contribution in [0.4, 0.5) is 0 Å². The van der Waals surface area contributed by atoms with Crippen LogP contribution in [0.5, 0.6) is 0 Å². The summed E-state index contributed by atoms with van der Waals surface area (Å²) in [6.07, 6.45) is 0.614. The van der Waals surface area contributed by atoms with Crippen molar-refractivity contribution in [1.82, 2.24) is 4.31 Å². The lowest BCUT2D eigenvalue weighted by molar-refractivity contribution is -0.143. The van der Waals surface area contributed by atoms with Crippen molar-refractivity contribution in [3.63, 3.8) is 0 Å². The van der Waals surface area contributed by atoms with Crippen LogP contribution in [0.3, 0.4) is 0 Å². The molecule has 0 spiro atoms. The summed E-state index contributed by atoms with van der Waals surface area (Å²) in [5.74, 6) is -0.392. The summed E-state index contributed by atoms with van der Waals surface area (Å²) in [7, 11) is -3.67. The maximum absolute atomic E-state index is 13.0. The highest BCUT2D eigenvalue weighted by Crippen LogP contribution is 2.18. The number of carbonyl (C=O) groups is 1. The number of hydrogen-bond acceptors (Lipinski definition) is 4. The maximum Gasteiger partial charge on any atom is 0.307 e. The van der Waals surface area contributed by atoms with Crippen LogP contribution in [0.15, 0.2) is 59.5 Å². The first kappa shape index (κ1) is 20.1. The van der Waals surface area contributed by atoms with E-state index in [1.54, 1.807) is 31.2 Å². The van der Waals surface area contributed by atoms with Gasteiger partial charge in [0.1, 0.15) is 0 Å². The number of sulfonamides is 1. The smallest absolute Gasteiger partial charge is 0.307 e. The first-order valence-electron chi connectivity index (χ1n) is 8.70. The van der Waals surface area contributed by atoms with Gasteiger partial charge >= 0.3 is 5.97 Å². The fraction of sp³-hybridized carbons (Fsp3) is 0.350. The van der Waals surface area contributed by atoms with Crippen LogP contribution in [-0.4, -0.2) is 38.4 Å². The monoisotopic (exact) mass is 375 g/mol. The van der Waals surface area contributed by atoms with Crippen LogP contribution in [0.2, 0.25) is 0 Å². The average Bonchev–Trinajstić information content (AvgIpc) is 2.63. The lowest BCUT2D eigenvalue weighted by Gasteiger charge is -2.22. The summed E-state index contributed by atoms with van der Waals surface area (Å²) >= 11 is 0. The molecule has 2 rings (SSSR count). The summed E-state index contributed by atoms with van der Waals surface area (Å²) < 4.78 is 32.3. The van der Waals surface area contributed by atoms with Gasteiger partial charge in [0.2, 0.25) is 10.0 Å². The highest BCUT2D eigenvalue weighted by molar-refractivity contribution is 7.89. The molecule has 0 aliphatic rings. The Hall–Kier alpha value is -2.18. The average molecular weight is 375 g/mol. The van der Waals surface area contributed by atoms with Crippen molar-refractivity contribution < 1.29 is 17.9 Å². The van der Waals surface area contributed by atoms with E-state index >= 15 is 0 Å². The summed E-state index contributed by atoms with van der Waals surface area (Å²) in [6.45, 7) is 4.33. The van der Waals surface area contributed by atoms with Gasteiger partial charge in [0.25, 0.3) is 0 Å². The van der Waals surface area contributed by atoms with Gasteiger partial charge in [0.05, 0.1) is 17.9 Å². The van der Waals surface area contributed by atoms with Crippen molar-refractivity contribution in [2.45, 2.75) is 31.6 Å². The van der Waals surface area contributed by atoms with Crippen LogP contribution < -0.4 is 0 Å². The zero-order valence-electron chi connectivity index (χ0n) is 15.2. The van der Waals surface area contributed by atoms with Crippen molar-refractivity contribution in [2.24, 2.45) is 0 Å². The molecule has 0 amide bonds. The van der Waals surface area contributed by atoms with Crippen molar-refractivity contribution in [3.8, 4) is 0 Å². The molecule has 0 aromatic heterocycles. The third-order valence-electron chi connectivity index (χ3n) is 4.02. The normalized spacial score (nSPS) is 11.5. The molecular formula is C20H25NO4S. The van der Waals surface area contributed by atoms with Gasteiger partial charge in [0.15, 0.2) is 0 Å². The lowest BCUT2D eigenvalue weighted by atomic mass is 10.1. The van der Waals surface area contributed by atoms with E-state index in [0.717, 1.165) is 11.1 Å². The van der Waals surface area contributed by atoms with Crippen LogP contribution in [0.1, 0.15) is 24.5 Å². The Bertz CT molecular complexity index is 801. The molecule has 0 aliphatic heterocycles. The Morgan fingerprint density at radius 2 is 1.65 bits per heavy atom. The SMILES string of the molecule is CCOC(=O)CCN(CCc1ccccc1)S(=O)(=O)c1ccc(C)cc1. The molecule has 26 heavy (non-hydrogen) atoms. The quantitative estimate of drug-likeness (QED) is 0.632. The third kappa shape index (κ3) is 5.68. The van der Waals surface area contributed by atoms with Crippen molar-refractivity contribution in [1.29, 1.82) is 0 Å². The van der Waals surface area contributed by atoms with Gasteiger partial charge in [0, 0.05) is 13.1 Å². The second-order valence-electron chi connectivity index (χ2n) is 6.01. The van der Waals surface area contributed by atoms with Crippen LogP contribution in [0.25, 0.3) is 0 Å². The summed E-state index contributed by atoms with van der Waals surface area (Å²) in [5.41, 5.74) is 2.04. The minimum absolute atomic E-state index is 0.0354. The Kier molecular flexibility index (Phi) is 7.36. The highest BCUT2D eigenvalue weighted by atomic mass is 32.2. The van der Waals surface area contributed by atoms with Crippen molar-refractivity contribution in [2.75, 3.05) is 19.7 Å². The van der Waals surface area contributed by atoms with Crippen LogP contribution >= 0.6 is 0 Å². The van der Waals surface area contributed by atoms with E-state index in [0.29, 0.717) is 13.0 Å². The van der Waals surface area contributed by atoms with E-state index in [9.17, 15) is 13.2 Å². The Morgan fingerprint density at radius 1 is 1.00 bits per heavy atom. The van der Waals surface area contributed by atoms with Gasteiger partial charge in [-0.15, -0.1) is 0 Å². The molecule has 140 valence electrons. The minimum Gasteiger partial charge on any atom is -0.466 e. The van der Waals surface area contributed by atoms with Gasteiger partial charge in [-0.25, -0.2) is 8.42 Å². The van der Waals surface area contributed by atoms with Crippen LogP contribution in [-0.2, 0) is 26.0 Å². The molecular weight excluding hydrogens is 350 g/mol. The molecule has 0 fully saturated rings. The van der Waals surface area contributed by atoms with Gasteiger partial charge in [-0.1, -0.05) is 48.0 Å². The van der Waals surface area contributed by atoms with E-state index in [-0.39, 0.29) is 24.5 Å². The molecule has 5 nitrogen and oxygen atoms in total. The topological polar surface area (TPSA) is 63.7 Å². The van der Waals surface area contributed by atoms with E-state index < -0.39 is 16.0 Å². The summed E-state index contributed by atoms with van der Waals surface area (Å²) in [6, 6.07) is 16.4. The van der Waals surface area contributed by atoms with Gasteiger partial charge in [-0.2, -0.15) is 4.31 Å². The van der Waals surface area contributed by atoms with Crippen LogP contribution in [0, 0.1) is 6.92 Å². The second kappa shape index (κ2) is 9.50. The van der Waals surface area contributed by atoms with E-state index in [2.05, 4.69) is 0 Å². The summed E-state index contributed by atoms with van der Waals surface area (Å²) in [4.78, 5) is 11.9. The number of aryl methyl sites for hydroxylation is 1. The molecule has 0 saturated carbocycles. The van der Waals surface area contributed by atoms with Crippen molar-refractivity contribution >= 4 is 16.0 Å². The van der Waals surface area contributed by atoms with E-state index in [1.807, 2.05) is 37.3 Å². The second-order valence-corrected chi connectivity index (χ2v) is 7.95. The van der Waals surface area contributed by atoms with Gasteiger partial charge < -0.3 is 4.74 Å². The molecule has 0 aliphatic carbocycles. The molecule has 0 heterocycles.